The highest BCUT2D eigenvalue weighted by atomic mass is 32.1. The molecule has 1 amide bonds. The average molecular weight is 335 g/mol. The minimum Gasteiger partial charge on any atom is -0.468 e. The highest BCUT2D eigenvalue weighted by Gasteiger charge is 2.31. The molecule has 2 heterocycles. The van der Waals surface area contributed by atoms with Gasteiger partial charge in [-0.15, -0.1) is 11.3 Å². The second kappa shape index (κ2) is 5.95. The Morgan fingerprint density at radius 2 is 2.08 bits per heavy atom. The van der Waals surface area contributed by atoms with Crippen LogP contribution in [0.25, 0.3) is 11.3 Å². The van der Waals surface area contributed by atoms with Gasteiger partial charge in [0.1, 0.15) is 5.76 Å². The van der Waals surface area contributed by atoms with Crippen molar-refractivity contribution < 1.29 is 9.21 Å². The summed E-state index contributed by atoms with van der Waals surface area (Å²) in [6, 6.07) is 11.0. The van der Waals surface area contributed by atoms with E-state index in [1.807, 2.05) is 17.5 Å². The lowest BCUT2D eigenvalue weighted by atomic mass is 10.1. The van der Waals surface area contributed by atoms with Gasteiger partial charge in [-0.25, -0.2) is 4.98 Å². The SMILES string of the molecule is N#Cc1ccc(-c2csc(NC(=O)c3ccoc3C3CC3)n2)cc1. The number of thiazole rings is 1. The van der Waals surface area contributed by atoms with Crippen molar-refractivity contribution in [3.8, 4) is 17.3 Å². The maximum absolute atomic E-state index is 12.4. The Kier molecular flexibility index (Phi) is 3.63. The fourth-order valence-corrected chi connectivity index (χ4v) is 3.23. The average Bonchev–Trinajstić information content (AvgIpc) is 3.15. The lowest BCUT2D eigenvalue weighted by Crippen LogP contribution is -2.12. The van der Waals surface area contributed by atoms with Crippen LogP contribution in [0.4, 0.5) is 5.13 Å². The summed E-state index contributed by atoms with van der Waals surface area (Å²) in [5.41, 5.74) is 2.88. The quantitative estimate of drug-likeness (QED) is 0.766. The molecule has 24 heavy (non-hydrogen) atoms. The van der Waals surface area contributed by atoms with Gasteiger partial charge in [-0.3, -0.25) is 10.1 Å². The van der Waals surface area contributed by atoms with E-state index in [1.54, 1.807) is 24.5 Å². The van der Waals surface area contributed by atoms with Crippen molar-refractivity contribution in [3.63, 3.8) is 0 Å². The Labute approximate surface area is 142 Å². The number of hydrogen-bond donors (Lipinski definition) is 1. The molecule has 1 saturated carbocycles. The number of furan rings is 1. The summed E-state index contributed by atoms with van der Waals surface area (Å²) in [6.45, 7) is 0. The molecule has 4 rings (SSSR count). The number of nitriles is 1. The van der Waals surface area contributed by atoms with E-state index in [0.29, 0.717) is 22.2 Å². The van der Waals surface area contributed by atoms with Gasteiger partial charge in [-0.2, -0.15) is 5.26 Å². The molecule has 1 aliphatic carbocycles. The van der Waals surface area contributed by atoms with Gasteiger partial charge in [0.05, 0.1) is 29.2 Å². The number of carbonyl (C=O) groups excluding carboxylic acids is 1. The first kappa shape index (κ1) is 14.7. The van der Waals surface area contributed by atoms with Crippen LogP contribution < -0.4 is 5.32 Å². The molecule has 1 N–H and O–H groups in total. The summed E-state index contributed by atoms with van der Waals surface area (Å²) in [7, 11) is 0. The lowest BCUT2D eigenvalue weighted by molar-refractivity contribution is 0.102. The number of hydrogen-bond acceptors (Lipinski definition) is 5. The first-order valence-corrected chi connectivity index (χ1v) is 8.47. The van der Waals surface area contributed by atoms with Crippen molar-refractivity contribution in [2.45, 2.75) is 18.8 Å². The van der Waals surface area contributed by atoms with Gasteiger partial charge in [0, 0.05) is 16.9 Å². The zero-order valence-corrected chi connectivity index (χ0v) is 13.5. The third-order valence-electron chi connectivity index (χ3n) is 3.92. The Morgan fingerprint density at radius 3 is 2.79 bits per heavy atom. The molecule has 0 radical (unpaired) electrons. The van der Waals surface area contributed by atoms with E-state index < -0.39 is 0 Å². The summed E-state index contributed by atoms with van der Waals surface area (Å²) >= 11 is 1.37. The van der Waals surface area contributed by atoms with Gasteiger partial charge < -0.3 is 4.42 Å². The van der Waals surface area contributed by atoms with Crippen LogP contribution in [0.15, 0.2) is 46.4 Å². The molecule has 1 aliphatic rings. The molecule has 2 aromatic heterocycles. The Bertz CT molecular complexity index is 930. The zero-order valence-electron chi connectivity index (χ0n) is 12.7. The second-order valence-corrected chi connectivity index (χ2v) is 6.51. The van der Waals surface area contributed by atoms with E-state index in [9.17, 15) is 4.79 Å². The number of nitrogens with one attached hydrogen (secondary N) is 1. The van der Waals surface area contributed by atoms with E-state index in [-0.39, 0.29) is 5.91 Å². The monoisotopic (exact) mass is 335 g/mol. The molecular weight excluding hydrogens is 322 g/mol. The molecule has 118 valence electrons. The van der Waals surface area contributed by atoms with Crippen LogP contribution in [0.3, 0.4) is 0 Å². The van der Waals surface area contributed by atoms with Gasteiger partial charge in [-0.1, -0.05) is 12.1 Å². The van der Waals surface area contributed by atoms with Crippen molar-refractivity contribution in [1.29, 1.82) is 5.26 Å². The van der Waals surface area contributed by atoms with Gasteiger partial charge >= 0.3 is 0 Å². The highest BCUT2D eigenvalue weighted by molar-refractivity contribution is 7.14. The van der Waals surface area contributed by atoms with Crippen molar-refractivity contribution >= 4 is 22.4 Å². The Hall–Kier alpha value is -2.91. The topological polar surface area (TPSA) is 78.9 Å². The Balaban J connectivity index is 1.51. The fourth-order valence-electron chi connectivity index (χ4n) is 2.51. The predicted molar refractivity (Wildman–Crippen MR) is 90.9 cm³/mol. The van der Waals surface area contributed by atoms with E-state index >= 15 is 0 Å². The molecule has 0 spiro atoms. The van der Waals surface area contributed by atoms with Gasteiger partial charge in [-0.05, 0) is 31.0 Å². The van der Waals surface area contributed by atoms with Crippen LogP contribution in [-0.2, 0) is 0 Å². The minimum atomic E-state index is -0.189. The number of anilines is 1. The van der Waals surface area contributed by atoms with E-state index in [4.69, 9.17) is 9.68 Å². The Morgan fingerprint density at radius 1 is 1.29 bits per heavy atom. The molecular formula is C18H13N3O2S. The number of aromatic nitrogens is 1. The zero-order chi connectivity index (χ0) is 16.5. The maximum atomic E-state index is 12.4. The molecule has 1 fully saturated rings. The molecule has 6 heteroatoms. The minimum absolute atomic E-state index is 0.189. The van der Waals surface area contributed by atoms with Crippen LogP contribution in [-0.4, -0.2) is 10.9 Å². The summed E-state index contributed by atoms with van der Waals surface area (Å²) in [5.74, 6) is 0.967. The predicted octanol–water partition coefficient (Wildman–Crippen LogP) is 4.40. The smallest absolute Gasteiger partial charge is 0.261 e. The van der Waals surface area contributed by atoms with E-state index in [1.165, 1.54) is 11.3 Å². The highest BCUT2D eigenvalue weighted by Crippen LogP contribution is 2.42. The van der Waals surface area contributed by atoms with E-state index in [2.05, 4.69) is 16.4 Å². The van der Waals surface area contributed by atoms with Crippen LogP contribution in [0, 0.1) is 11.3 Å². The number of amides is 1. The summed E-state index contributed by atoms with van der Waals surface area (Å²) in [6.07, 6.45) is 3.72. The van der Waals surface area contributed by atoms with Gasteiger partial charge in [0.2, 0.25) is 0 Å². The third-order valence-corrected chi connectivity index (χ3v) is 4.68. The number of rotatable bonds is 4. The number of nitrogens with zero attached hydrogens (tertiary/aromatic N) is 2. The number of carbonyl (C=O) groups is 1. The normalized spacial score (nSPS) is 13.5. The maximum Gasteiger partial charge on any atom is 0.261 e. The first-order chi connectivity index (χ1) is 11.7. The largest absolute Gasteiger partial charge is 0.468 e. The lowest BCUT2D eigenvalue weighted by Gasteiger charge is -2.01. The molecule has 0 aliphatic heterocycles. The summed E-state index contributed by atoms with van der Waals surface area (Å²) < 4.78 is 5.44. The molecule has 0 atom stereocenters. The van der Waals surface area contributed by atoms with Crippen molar-refractivity contribution in [2.24, 2.45) is 0 Å². The fraction of sp³-hybridized carbons (Fsp3) is 0.167. The third kappa shape index (κ3) is 2.82. The summed E-state index contributed by atoms with van der Waals surface area (Å²) in [4.78, 5) is 16.9. The van der Waals surface area contributed by atoms with Crippen LogP contribution in [0.1, 0.15) is 40.4 Å². The van der Waals surface area contributed by atoms with Crippen LogP contribution >= 0.6 is 11.3 Å². The molecule has 0 bridgehead atoms. The number of benzene rings is 1. The molecule has 1 aromatic carbocycles. The van der Waals surface area contributed by atoms with Gasteiger partial charge in [0.25, 0.3) is 5.91 Å². The molecule has 0 unspecified atom stereocenters. The van der Waals surface area contributed by atoms with Gasteiger partial charge in [0.15, 0.2) is 5.13 Å². The van der Waals surface area contributed by atoms with Crippen molar-refractivity contribution in [2.75, 3.05) is 5.32 Å². The van der Waals surface area contributed by atoms with Crippen LogP contribution in [0.2, 0.25) is 0 Å². The summed E-state index contributed by atoms with van der Waals surface area (Å²) in [5, 5.41) is 14.1. The molecule has 3 aromatic rings. The van der Waals surface area contributed by atoms with E-state index in [0.717, 1.165) is 29.9 Å². The molecule has 5 nitrogen and oxygen atoms in total. The molecule has 0 saturated heterocycles. The first-order valence-electron chi connectivity index (χ1n) is 7.59. The second-order valence-electron chi connectivity index (χ2n) is 5.65. The van der Waals surface area contributed by atoms with Crippen molar-refractivity contribution in [1.82, 2.24) is 4.98 Å². The van der Waals surface area contributed by atoms with Crippen LogP contribution in [0.5, 0.6) is 0 Å². The van der Waals surface area contributed by atoms with Crippen molar-refractivity contribution in [3.05, 3.63) is 58.9 Å². The standard InChI is InChI=1S/C18H13N3O2S/c19-9-11-1-3-12(4-2-11)15-10-24-18(20-15)21-17(22)14-7-8-23-16(14)13-5-6-13/h1-4,7-8,10,13H,5-6H2,(H,20,21,22).